The molecule has 0 aliphatic rings. The van der Waals surface area contributed by atoms with Crippen molar-refractivity contribution < 1.29 is 14.7 Å². The topological polar surface area (TPSA) is 70.5 Å². The van der Waals surface area contributed by atoms with Crippen LogP contribution in [0.2, 0.25) is 5.15 Å². The first-order valence-corrected chi connectivity index (χ1v) is 5.47. The van der Waals surface area contributed by atoms with E-state index in [1.807, 2.05) is 0 Å². The Morgan fingerprint density at radius 1 is 1.53 bits per heavy atom. The summed E-state index contributed by atoms with van der Waals surface area (Å²) in [6.45, 7) is 1.70. The molecule has 1 aromatic heterocycles. The van der Waals surface area contributed by atoms with Crippen molar-refractivity contribution in [1.29, 1.82) is 0 Å². The average Bonchev–Trinajstić information content (AvgIpc) is 2.28. The Balaban J connectivity index is 2.93. The molecular weight excluding hydrogens is 244 g/mol. The number of likely N-dealkylation sites (N-methyl/N-ethyl adjacent to an activating group) is 1. The smallest absolute Gasteiger partial charge is 0.326 e. The number of nitrogens with zero attached hydrogens (tertiary/aromatic N) is 2. The zero-order valence-corrected chi connectivity index (χ0v) is 10.3. The standard InChI is InChI=1S/C11H13ClN2O3/c1-3-8(11(16)17)14(2)10(15)7-5-4-6-9(12)13-7/h4-6,8H,3H2,1-2H3,(H,16,17). The van der Waals surface area contributed by atoms with E-state index in [2.05, 4.69) is 4.98 Å². The summed E-state index contributed by atoms with van der Waals surface area (Å²) in [5.41, 5.74) is 0.139. The average molecular weight is 257 g/mol. The van der Waals surface area contributed by atoms with Crippen LogP contribution in [0, 0.1) is 0 Å². The Morgan fingerprint density at radius 2 is 2.18 bits per heavy atom. The zero-order chi connectivity index (χ0) is 13.0. The molecule has 1 aromatic rings. The van der Waals surface area contributed by atoms with Crippen LogP contribution in [0.15, 0.2) is 18.2 Å². The van der Waals surface area contributed by atoms with Crippen molar-refractivity contribution in [2.45, 2.75) is 19.4 Å². The van der Waals surface area contributed by atoms with E-state index in [0.29, 0.717) is 6.42 Å². The minimum Gasteiger partial charge on any atom is -0.480 e. The highest BCUT2D eigenvalue weighted by Gasteiger charge is 2.26. The minimum atomic E-state index is -1.04. The summed E-state index contributed by atoms with van der Waals surface area (Å²) in [7, 11) is 1.44. The number of carbonyl (C=O) groups excluding carboxylic acids is 1. The molecule has 1 rings (SSSR count). The predicted molar refractivity (Wildman–Crippen MR) is 63.1 cm³/mol. The third-order valence-electron chi connectivity index (χ3n) is 2.39. The number of hydrogen-bond acceptors (Lipinski definition) is 3. The fourth-order valence-corrected chi connectivity index (χ4v) is 1.63. The Bertz CT molecular complexity index is 436. The van der Waals surface area contributed by atoms with E-state index in [1.54, 1.807) is 19.1 Å². The van der Waals surface area contributed by atoms with E-state index in [-0.39, 0.29) is 10.8 Å². The molecule has 1 heterocycles. The number of amides is 1. The molecule has 0 aliphatic carbocycles. The van der Waals surface area contributed by atoms with Gasteiger partial charge in [-0.3, -0.25) is 4.79 Å². The van der Waals surface area contributed by atoms with E-state index in [0.717, 1.165) is 4.90 Å². The maximum atomic E-state index is 11.9. The Kier molecular flexibility index (Phi) is 4.45. The molecule has 1 unspecified atom stereocenters. The van der Waals surface area contributed by atoms with Crippen LogP contribution >= 0.6 is 11.6 Å². The van der Waals surface area contributed by atoms with Crippen LogP contribution < -0.4 is 0 Å². The maximum absolute atomic E-state index is 11.9. The van der Waals surface area contributed by atoms with Gasteiger partial charge in [0, 0.05) is 7.05 Å². The number of aliphatic carboxylic acids is 1. The van der Waals surface area contributed by atoms with E-state index in [9.17, 15) is 9.59 Å². The van der Waals surface area contributed by atoms with E-state index >= 15 is 0 Å². The quantitative estimate of drug-likeness (QED) is 0.832. The number of hydrogen-bond donors (Lipinski definition) is 1. The van der Waals surface area contributed by atoms with Crippen LogP contribution in [0.25, 0.3) is 0 Å². The van der Waals surface area contributed by atoms with Crippen molar-refractivity contribution in [1.82, 2.24) is 9.88 Å². The van der Waals surface area contributed by atoms with Gasteiger partial charge in [0.2, 0.25) is 0 Å². The molecule has 0 aliphatic heterocycles. The van der Waals surface area contributed by atoms with Gasteiger partial charge in [0.05, 0.1) is 0 Å². The maximum Gasteiger partial charge on any atom is 0.326 e. The molecule has 1 N–H and O–H groups in total. The van der Waals surface area contributed by atoms with Gasteiger partial charge in [-0.05, 0) is 18.6 Å². The summed E-state index contributed by atoms with van der Waals surface area (Å²) < 4.78 is 0. The molecule has 92 valence electrons. The molecule has 0 saturated carbocycles. The Hall–Kier alpha value is -1.62. The molecule has 5 nitrogen and oxygen atoms in total. The molecule has 0 aromatic carbocycles. The molecule has 6 heteroatoms. The number of pyridine rings is 1. The highest BCUT2D eigenvalue weighted by Crippen LogP contribution is 2.10. The molecule has 0 saturated heterocycles. The Morgan fingerprint density at radius 3 is 2.65 bits per heavy atom. The molecule has 0 spiro atoms. The lowest BCUT2D eigenvalue weighted by Crippen LogP contribution is -2.42. The number of carboxylic acid groups (broad SMARTS) is 1. The van der Waals surface area contributed by atoms with Crippen molar-refractivity contribution >= 4 is 23.5 Å². The van der Waals surface area contributed by atoms with Gasteiger partial charge in [-0.25, -0.2) is 9.78 Å². The minimum absolute atomic E-state index is 0.139. The fourth-order valence-electron chi connectivity index (χ4n) is 1.46. The van der Waals surface area contributed by atoms with Crippen LogP contribution in [0.4, 0.5) is 0 Å². The van der Waals surface area contributed by atoms with E-state index < -0.39 is 17.9 Å². The van der Waals surface area contributed by atoms with Crippen LogP contribution in [-0.2, 0) is 4.79 Å². The van der Waals surface area contributed by atoms with Crippen molar-refractivity contribution in [3.8, 4) is 0 Å². The lowest BCUT2D eigenvalue weighted by atomic mass is 10.2. The number of aromatic nitrogens is 1. The lowest BCUT2D eigenvalue weighted by molar-refractivity contribution is -0.142. The molecule has 0 bridgehead atoms. The third-order valence-corrected chi connectivity index (χ3v) is 2.60. The zero-order valence-electron chi connectivity index (χ0n) is 9.55. The highest BCUT2D eigenvalue weighted by molar-refractivity contribution is 6.29. The lowest BCUT2D eigenvalue weighted by Gasteiger charge is -2.23. The first-order valence-electron chi connectivity index (χ1n) is 5.10. The number of carboxylic acids is 1. The van der Waals surface area contributed by atoms with Gasteiger partial charge in [-0.15, -0.1) is 0 Å². The second-order valence-electron chi connectivity index (χ2n) is 3.52. The monoisotopic (exact) mass is 256 g/mol. The number of halogens is 1. The molecular formula is C11H13ClN2O3. The molecule has 1 atom stereocenters. The summed E-state index contributed by atoms with van der Waals surface area (Å²) >= 11 is 5.67. The largest absolute Gasteiger partial charge is 0.480 e. The van der Waals surface area contributed by atoms with E-state index in [4.69, 9.17) is 16.7 Å². The van der Waals surface area contributed by atoms with Crippen LogP contribution in [0.5, 0.6) is 0 Å². The summed E-state index contributed by atoms with van der Waals surface area (Å²) in [5.74, 6) is -1.49. The van der Waals surface area contributed by atoms with Crippen LogP contribution in [0.1, 0.15) is 23.8 Å². The molecule has 0 radical (unpaired) electrons. The summed E-state index contributed by atoms with van der Waals surface area (Å²) in [4.78, 5) is 27.9. The van der Waals surface area contributed by atoms with Crippen molar-refractivity contribution in [3.63, 3.8) is 0 Å². The number of rotatable bonds is 4. The fraction of sp³-hybridized carbons (Fsp3) is 0.364. The van der Waals surface area contributed by atoms with E-state index in [1.165, 1.54) is 13.1 Å². The second-order valence-corrected chi connectivity index (χ2v) is 3.91. The van der Waals surface area contributed by atoms with Gasteiger partial charge >= 0.3 is 5.97 Å². The van der Waals surface area contributed by atoms with Gasteiger partial charge in [0.1, 0.15) is 16.9 Å². The summed E-state index contributed by atoms with van der Waals surface area (Å²) in [6, 6.07) is 3.79. The molecule has 17 heavy (non-hydrogen) atoms. The van der Waals surface area contributed by atoms with Gasteiger partial charge in [-0.2, -0.15) is 0 Å². The van der Waals surface area contributed by atoms with Crippen molar-refractivity contribution in [3.05, 3.63) is 29.0 Å². The Labute approximate surface area is 104 Å². The third kappa shape index (κ3) is 3.17. The van der Waals surface area contributed by atoms with Crippen molar-refractivity contribution in [2.75, 3.05) is 7.05 Å². The van der Waals surface area contributed by atoms with Gasteiger partial charge in [0.15, 0.2) is 0 Å². The van der Waals surface area contributed by atoms with Gasteiger partial charge in [-0.1, -0.05) is 24.6 Å². The van der Waals surface area contributed by atoms with Gasteiger partial charge in [0.25, 0.3) is 5.91 Å². The summed E-state index contributed by atoms with van der Waals surface area (Å²) in [6.07, 6.45) is 0.331. The highest BCUT2D eigenvalue weighted by atomic mass is 35.5. The van der Waals surface area contributed by atoms with Crippen LogP contribution in [0.3, 0.4) is 0 Å². The SMILES string of the molecule is CCC(C(=O)O)N(C)C(=O)c1cccc(Cl)n1. The van der Waals surface area contributed by atoms with Crippen molar-refractivity contribution in [2.24, 2.45) is 0 Å². The van der Waals surface area contributed by atoms with Crippen LogP contribution in [-0.4, -0.2) is 40.0 Å². The summed E-state index contributed by atoms with van der Waals surface area (Å²) in [5, 5.41) is 9.16. The normalized spacial score (nSPS) is 11.9. The van der Waals surface area contributed by atoms with Gasteiger partial charge < -0.3 is 10.0 Å². The second kappa shape index (κ2) is 5.63. The first kappa shape index (κ1) is 13.4. The predicted octanol–water partition coefficient (Wildman–Crippen LogP) is 1.67. The molecule has 1 amide bonds. The molecule has 0 fully saturated rings. The first-order chi connectivity index (χ1) is 7.97. The number of carbonyl (C=O) groups is 2.